The van der Waals surface area contributed by atoms with E-state index in [-0.39, 0.29) is 6.04 Å². The quantitative estimate of drug-likeness (QED) is 0.768. The van der Waals surface area contributed by atoms with Crippen LogP contribution in [0, 0.1) is 0 Å². The van der Waals surface area contributed by atoms with Gasteiger partial charge in [-0.3, -0.25) is 0 Å². The van der Waals surface area contributed by atoms with Crippen LogP contribution in [0.4, 0.5) is 4.79 Å². The molecule has 0 bridgehead atoms. The molecule has 0 saturated carbocycles. The Bertz CT molecular complexity index is 691. The maximum atomic E-state index is 12.0. The molecule has 2 N–H and O–H groups in total. The molecule has 2 rings (SSSR count). The SMILES string of the molecule is COc1ccc(CN2CC(NC(=O)OC(C)(C)C)CC/C2=C\C(=O)O)cc1. The summed E-state index contributed by atoms with van der Waals surface area (Å²) in [7, 11) is 1.61. The molecule has 1 amide bonds. The molecule has 0 radical (unpaired) electrons. The van der Waals surface area contributed by atoms with Crippen molar-refractivity contribution in [1.29, 1.82) is 0 Å². The summed E-state index contributed by atoms with van der Waals surface area (Å²) < 4.78 is 10.5. The van der Waals surface area contributed by atoms with Crippen molar-refractivity contribution >= 4 is 12.1 Å². The fraction of sp³-hybridized carbons (Fsp3) is 0.500. The second kappa shape index (κ2) is 8.79. The molecular weight excluding hydrogens is 348 g/mol. The fourth-order valence-electron chi connectivity index (χ4n) is 2.97. The Kier molecular flexibility index (Phi) is 6.71. The van der Waals surface area contributed by atoms with Crippen molar-refractivity contribution in [2.24, 2.45) is 0 Å². The van der Waals surface area contributed by atoms with Gasteiger partial charge in [-0.05, 0) is 51.3 Å². The molecule has 1 aromatic rings. The van der Waals surface area contributed by atoms with Crippen molar-refractivity contribution in [1.82, 2.24) is 10.2 Å². The molecule has 1 atom stereocenters. The number of likely N-dealkylation sites (tertiary alicyclic amines) is 1. The number of nitrogens with one attached hydrogen (secondary N) is 1. The Morgan fingerprint density at radius 2 is 1.96 bits per heavy atom. The van der Waals surface area contributed by atoms with Gasteiger partial charge in [0.25, 0.3) is 0 Å². The van der Waals surface area contributed by atoms with E-state index >= 15 is 0 Å². The van der Waals surface area contributed by atoms with Crippen LogP contribution in [0.1, 0.15) is 39.2 Å². The lowest BCUT2D eigenvalue weighted by molar-refractivity contribution is -0.131. The van der Waals surface area contributed by atoms with Crippen LogP contribution in [0.2, 0.25) is 0 Å². The highest BCUT2D eigenvalue weighted by Crippen LogP contribution is 2.24. The van der Waals surface area contributed by atoms with Crippen LogP contribution in [-0.4, -0.2) is 47.4 Å². The predicted octanol–water partition coefficient (Wildman–Crippen LogP) is 3.15. The van der Waals surface area contributed by atoms with Gasteiger partial charge in [-0.1, -0.05) is 12.1 Å². The maximum absolute atomic E-state index is 12.0. The summed E-state index contributed by atoms with van der Waals surface area (Å²) in [5.41, 5.74) is 1.22. The number of piperidine rings is 1. The molecule has 0 spiro atoms. The number of benzene rings is 1. The summed E-state index contributed by atoms with van der Waals surface area (Å²) >= 11 is 0. The molecule has 1 aliphatic heterocycles. The van der Waals surface area contributed by atoms with Crippen molar-refractivity contribution in [2.75, 3.05) is 13.7 Å². The predicted molar refractivity (Wildman–Crippen MR) is 102 cm³/mol. The third kappa shape index (κ3) is 6.84. The molecule has 1 aliphatic rings. The standard InChI is InChI=1S/C20H28N2O5/c1-20(2,3)27-19(25)21-15-7-8-16(11-18(23)24)22(13-15)12-14-5-9-17(26-4)10-6-14/h5-6,9-11,15H,7-8,12-13H2,1-4H3,(H,21,25)(H,23,24)/b16-11+. The number of ether oxygens (including phenoxy) is 2. The number of carboxylic acids is 1. The maximum Gasteiger partial charge on any atom is 0.407 e. The topological polar surface area (TPSA) is 88.1 Å². The molecule has 7 nitrogen and oxygen atoms in total. The van der Waals surface area contributed by atoms with E-state index < -0.39 is 17.7 Å². The first kappa shape index (κ1) is 20.6. The summed E-state index contributed by atoms with van der Waals surface area (Å²) in [6.07, 6.45) is 2.02. The van der Waals surface area contributed by atoms with Gasteiger partial charge in [0.15, 0.2) is 0 Å². The van der Waals surface area contributed by atoms with Gasteiger partial charge in [0.2, 0.25) is 0 Å². The van der Waals surface area contributed by atoms with Crippen molar-refractivity contribution in [3.8, 4) is 5.75 Å². The normalized spacial score (nSPS) is 18.9. The van der Waals surface area contributed by atoms with Gasteiger partial charge in [0, 0.05) is 24.9 Å². The van der Waals surface area contributed by atoms with Crippen LogP contribution in [0.15, 0.2) is 36.0 Å². The molecule has 148 valence electrons. The highest BCUT2D eigenvalue weighted by Gasteiger charge is 2.27. The molecule has 0 aromatic heterocycles. The molecule has 0 aliphatic carbocycles. The van der Waals surface area contributed by atoms with E-state index in [9.17, 15) is 9.59 Å². The summed E-state index contributed by atoms with van der Waals surface area (Å²) in [5, 5.41) is 12.0. The number of methoxy groups -OCH3 is 1. The van der Waals surface area contributed by atoms with E-state index in [4.69, 9.17) is 14.6 Å². The number of carboxylic acid groups (broad SMARTS) is 1. The second-order valence-corrected chi connectivity index (χ2v) is 7.58. The lowest BCUT2D eigenvalue weighted by Gasteiger charge is -2.37. The second-order valence-electron chi connectivity index (χ2n) is 7.58. The highest BCUT2D eigenvalue weighted by atomic mass is 16.6. The number of amides is 1. The third-order valence-corrected chi connectivity index (χ3v) is 4.14. The van der Waals surface area contributed by atoms with Crippen LogP contribution >= 0.6 is 0 Å². The third-order valence-electron chi connectivity index (χ3n) is 4.14. The Morgan fingerprint density at radius 1 is 1.30 bits per heavy atom. The van der Waals surface area contributed by atoms with Gasteiger partial charge in [-0.25, -0.2) is 9.59 Å². The molecular formula is C20H28N2O5. The van der Waals surface area contributed by atoms with Crippen molar-refractivity contribution in [3.63, 3.8) is 0 Å². The highest BCUT2D eigenvalue weighted by molar-refractivity contribution is 5.80. The molecule has 1 saturated heterocycles. The average molecular weight is 376 g/mol. The first-order chi connectivity index (χ1) is 12.7. The molecule has 27 heavy (non-hydrogen) atoms. The summed E-state index contributed by atoms with van der Waals surface area (Å²) in [6.45, 7) is 6.52. The number of carbonyl (C=O) groups excluding carboxylic acids is 1. The molecule has 1 fully saturated rings. The Balaban J connectivity index is 2.08. The summed E-state index contributed by atoms with van der Waals surface area (Å²) in [4.78, 5) is 25.2. The Labute approximate surface area is 159 Å². The zero-order chi connectivity index (χ0) is 20.0. The van der Waals surface area contributed by atoms with Crippen LogP contribution in [0.3, 0.4) is 0 Å². The molecule has 1 heterocycles. The number of carbonyl (C=O) groups is 2. The number of rotatable bonds is 5. The minimum absolute atomic E-state index is 0.107. The van der Waals surface area contributed by atoms with Gasteiger partial charge in [0.1, 0.15) is 11.4 Å². The van der Waals surface area contributed by atoms with E-state index in [1.165, 1.54) is 6.08 Å². The van der Waals surface area contributed by atoms with Gasteiger partial charge < -0.3 is 24.8 Å². The number of aliphatic carboxylic acids is 1. The van der Waals surface area contributed by atoms with E-state index in [2.05, 4.69) is 5.32 Å². The Morgan fingerprint density at radius 3 is 2.52 bits per heavy atom. The van der Waals surface area contributed by atoms with E-state index in [1.54, 1.807) is 7.11 Å². The number of nitrogens with zero attached hydrogens (tertiary/aromatic N) is 1. The smallest absolute Gasteiger partial charge is 0.407 e. The van der Waals surface area contributed by atoms with Gasteiger partial charge in [-0.2, -0.15) is 0 Å². The summed E-state index contributed by atoms with van der Waals surface area (Å²) in [5.74, 6) is -0.202. The van der Waals surface area contributed by atoms with Crippen LogP contribution < -0.4 is 10.1 Å². The van der Waals surface area contributed by atoms with Gasteiger partial charge >= 0.3 is 12.1 Å². The van der Waals surface area contributed by atoms with Crippen LogP contribution in [-0.2, 0) is 16.1 Å². The lowest BCUT2D eigenvalue weighted by Crippen LogP contribution is -2.48. The number of allylic oxidation sites excluding steroid dienone is 1. The lowest BCUT2D eigenvalue weighted by atomic mass is 10.0. The first-order valence-corrected chi connectivity index (χ1v) is 8.97. The van der Waals surface area contributed by atoms with Gasteiger partial charge in [-0.15, -0.1) is 0 Å². The van der Waals surface area contributed by atoms with Crippen molar-refractivity contribution in [2.45, 2.75) is 51.8 Å². The monoisotopic (exact) mass is 376 g/mol. The Hall–Kier alpha value is -2.70. The number of hydrogen-bond acceptors (Lipinski definition) is 5. The minimum atomic E-state index is -0.969. The molecule has 1 unspecified atom stereocenters. The largest absolute Gasteiger partial charge is 0.497 e. The van der Waals surface area contributed by atoms with Crippen LogP contribution in [0.5, 0.6) is 5.75 Å². The zero-order valence-corrected chi connectivity index (χ0v) is 16.3. The minimum Gasteiger partial charge on any atom is -0.497 e. The molecule has 1 aromatic carbocycles. The summed E-state index contributed by atoms with van der Waals surface area (Å²) in [6, 6.07) is 7.53. The van der Waals surface area contributed by atoms with Crippen molar-refractivity contribution in [3.05, 3.63) is 41.6 Å². The van der Waals surface area contributed by atoms with Gasteiger partial charge in [0.05, 0.1) is 13.2 Å². The first-order valence-electron chi connectivity index (χ1n) is 8.97. The zero-order valence-electron chi connectivity index (χ0n) is 16.3. The van der Waals surface area contributed by atoms with E-state index in [1.807, 2.05) is 49.9 Å². The average Bonchev–Trinajstić information content (AvgIpc) is 2.56. The molecule has 7 heteroatoms. The van der Waals surface area contributed by atoms with Crippen molar-refractivity contribution < 1.29 is 24.2 Å². The fourth-order valence-corrected chi connectivity index (χ4v) is 2.97. The number of hydrogen-bond donors (Lipinski definition) is 2. The van der Waals surface area contributed by atoms with E-state index in [0.29, 0.717) is 25.9 Å². The van der Waals surface area contributed by atoms with Crippen LogP contribution in [0.25, 0.3) is 0 Å². The van der Waals surface area contributed by atoms with E-state index in [0.717, 1.165) is 17.0 Å². The number of alkyl carbamates (subject to hydrolysis) is 1.